The first-order chi connectivity index (χ1) is 5.11. The number of nitrogens with zero attached hydrogens (tertiary/aromatic N) is 1. The molecule has 0 spiro atoms. The highest BCUT2D eigenvalue weighted by atomic mass is 16.4. The Balaban J connectivity index is 3.78. The lowest BCUT2D eigenvalue weighted by molar-refractivity contribution is -0.138. The van der Waals surface area contributed by atoms with E-state index in [2.05, 4.69) is 13.8 Å². The maximum Gasteiger partial charge on any atom is 0.317 e. The van der Waals surface area contributed by atoms with Crippen molar-refractivity contribution in [3.05, 3.63) is 0 Å². The number of hydrogen-bond acceptors (Lipinski definition) is 2. The Kier molecular flexibility index (Phi) is 4.86. The van der Waals surface area contributed by atoms with Gasteiger partial charge in [-0.2, -0.15) is 0 Å². The van der Waals surface area contributed by atoms with Crippen LogP contribution in [0.3, 0.4) is 0 Å². The Labute approximate surface area is 68.0 Å². The first-order valence-electron chi connectivity index (χ1n) is 4.03. The predicted octanol–water partition coefficient (Wildman–Crippen LogP) is 1.19. The number of rotatable bonds is 5. The third kappa shape index (κ3) is 3.98. The minimum atomic E-state index is -0.751. The van der Waals surface area contributed by atoms with E-state index in [1.54, 1.807) is 0 Å². The van der Waals surface area contributed by atoms with E-state index in [0.29, 0.717) is 6.04 Å². The fourth-order valence-electron chi connectivity index (χ4n) is 1.25. The van der Waals surface area contributed by atoms with Crippen molar-refractivity contribution in [1.82, 2.24) is 4.90 Å². The molecule has 0 aromatic carbocycles. The fourth-order valence-corrected chi connectivity index (χ4v) is 1.25. The SMILES string of the molecule is CCC(CC)N(C)CC(=O)O. The maximum atomic E-state index is 10.3. The molecule has 0 aliphatic rings. The Bertz CT molecular complexity index is 121. The highest BCUT2D eigenvalue weighted by Crippen LogP contribution is 2.04. The van der Waals surface area contributed by atoms with Gasteiger partial charge in [-0.05, 0) is 19.9 Å². The number of carbonyl (C=O) groups is 1. The van der Waals surface area contributed by atoms with Gasteiger partial charge < -0.3 is 5.11 Å². The van der Waals surface area contributed by atoms with Gasteiger partial charge in [-0.15, -0.1) is 0 Å². The summed E-state index contributed by atoms with van der Waals surface area (Å²) in [6, 6.07) is 0.408. The third-order valence-electron chi connectivity index (χ3n) is 1.95. The van der Waals surface area contributed by atoms with Crippen molar-refractivity contribution in [2.24, 2.45) is 0 Å². The van der Waals surface area contributed by atoms with E-state index in [9.17, 15) is 4.79 Å². The van der Waals surface area contributed by atoms with Gasteiger partial charge in [0.15, 0.2) is 0 Å². The normalized spacial score (nSPS) is 11.0. The van der Waals surface area contributed by atoms with Gasteiger partial charge >= 0.3 is 5.97 Å². The molecule has 0 saturated carbocycles. The minimum Gasteiger partial charge on any atom is -0.480 e. The molecule has 0 saturated heterocycles. The van der Waals surface area contributed by atoms with Crippen molar-refractivity contribution in [2.45, 2.75) is 32.7 Å². The molecule has 0 aliphatic heterocycles. The average molecular weight is 159 g/mol. The zero-order valence-electron chi connectivity index (χ0n) is 7.50. The Morgan fingerprint density at radius 1 is 1.45 bits per heavy atom. The molecule has 0 unspecified atom stereocenters. The Morgan fingerprint density at radius 3 is 2.18 bits per heavy atom. The van der Waals surface area contributed by atoms with Crippen LogP contribution >= 0.6 is 0 Å². The van der Waals surface area contributed by atoms with Crippen molar-refractivity contribution >= 4 is 5.97 Å². The van der Waals surface area contributed by atoms with Gasteiger partial charge in [0.25, 0.3) is 0 Å². The lowest BCUT2D eigenvalue weighted by Crippen LogP contribution is -2.34. The molecular weight excluding hydrogens is 142 g/mol. The molecule has 0 rings (SSSR count). The monoisotopic (exact) mass is 159 g/mol. The average Bonchev–Trinajstić information content (AvgIpc) is 1.88. The van der Waals surface area contributed by atoms with E-state index in [0.717, 1.165) is 12.8 Å². The summed E-state index contributed by atoms with van der Waals surface area (Å²) in [7, 11) is 1.85. The Morgan fingerprint density at radius 2 is 1.91 bits per heavy atom. The van der Waals surface area contributed by atoms with Gasteiger partial charge in [-0.1, -0.05) is 13.8 Å². The van der Waals surface area contributed by atoms with E-state index < -0.39 is 5.97 Å². The van der Waals surface area contributed by atoms with Crippen molar-refractivity contribution in [2.75, 3.05) is 13.6 Å². The molecule has 1 N–H and O–H groups in total. The van der Waals surface area contributed by atoms with Gasteiger partial charge in [0.05, 0.1) is 6.54 Å². The number of hydrogen-bond donors (Lipinski definition) is 1. The quantitative estimate of drug-likeness (QED) is 0.655. The van der Waals surface area contributed by atoms with Gasteiger partial charge in [0.1, 0.15) is 0 Å². The number of likely N-dealkylation sites (N-methyl/N-ethyl adjacent to an activating group) is 1. The van der Waals surface area contributed by atoms with Gasteiger partial charge in [0.2, 0.25) is 0 Å². The fraction of sp³-hybridized carbons (Fsp3) is 0.875. The molecule has 0 bridgehead atoms. The topological polar surface area (TPSA) is 40.5 Å². The van der Waals surface area contributed by atoms with E-state index in [-0.39, 0.29) is 6.54 Å². The second kappa shape index (κ2) is 5.13. The molecule has 0 amide bonds. The van der Waals surface area contributed by atoms with Crippen molar-refractivity contribution < 1.29 is 9.90 Å². The second-order valence-corrected chi connectivity index (χ2v) is 2.78. The molecule has 0 aromatic heterocycles. The molecule has 66 valence electrons. The van der Waals surface area contributed by atoms with Gasteiger partial charge in [-0.3, -0.25) is 9.69 Å². The van der Waals surface area contributed by atoms with E-state index in [1.807, 2.05) is 11.9 Å². The van der Waals surface area contributed by atoms with Crippen LogP contribution in [0.2, 0.25) is 0 Å². The highest BCUT2D eigenvalue weighted by molar-refractivity contribution is 5.69. The first kappa shape index (κ1) is 10.4. The van der Waals surface area contributed by atoms with Crippen molar-refractivity contribution in [3.8, 4) is 0 Å². The molecule has 3 heteroatoms. The molecule has 0 atom stereocenters. The number of carboxylic acid groups (broad SMARTS) is 1. The minimum absolute atomic E-state index is 0.145. The van der Waals surface area contributed by atoms with Crippen LogP contribution in [0.25, 0.3) is 0 Å². The first-order valence-corrected chi connectivity index (χ1v) is 4.03. The lowest BCUT2D eigenvalue weighted by Gasteiger charge is -2.23. The predicted molar refractivity (Wildman–Crippen MR) is 44.6 cm³/mol. The largest absolute Gasteiger partial charge is 0.480 e. The highest BCUT2D eigenvalue weighted by Gasteiger charge is 2.12. The molecule has 0 aliphatic carbocycles. The summed E-state index contributed by atoms with van der Waals surface area (Å²) < 4.78 is 0. The van der Waals surface area contributed by atoms with E-state index in [1.165, 1.54) is 0 Å². The van der Waals surface area contributed by atoms with Crippen LogP contribution in [0.5, 0.6) is 0 Å². The number of carboxylic acids is 1. The van der Waals surface area contributed by atoms with Gasteiger partial charge in [-0.25, -0.2) is 0 Å². The van der Waals surface area contributed by atoms with Crippen molar-refractivity contribution in [3.63, 3.8) is 0 Å². The van der Waals surface area contributed by atoms with Crippen molar-refractivity contribution in [1.29, 1.82) is 0 Å². The molecule has 0 heterocycles. The molecule has 3 nitrogen and oxygen atoms in total. The van der Waals surface area contributed by atoms with Crippen LogP contribution in [-0.4, -0.2) is 35.6 Å². The summed E-state index contributed by atoms with van der Waals surface area (Å²) in [5, 5.41) is 8.48. The summed E-state index contributed by atoms with van der Waals surface area (Å²) >= 11 is 0. The maximum absolute atomic E-state index is 10.3. The Hall–Kier alpha value is -0.570. The summed E-state index contributed by atoms with van der Waals surface area (Å²) in [6.45, 7) is 4.30. The molecular formula is C8H17NO2. The van der Waals surface area contributed by atoms with Crippen LogP contribution in [0, 0.1) is 0 Å². The summed E-state index contributed by atoms with van der Waals surface area (Å²) in [5.41, 5.74) is 0. The second-order valence-electron chi connectivity index (χ2n) is 2.78. The molecule has 11 heavy (non-hydrogen) atoms. The third-order valence-corrected chi connectivity index (χ3v) is 1.95. The van der Waals surface area contributed by atoms with Crippen LogP contribution in [0.1, 0.15) is 26.7 Å². The smallest absolute Gasteiger partial charge is 0.317 e. The van der Waals surface area contributed by atoms with Gasteiger partial charge in [0, 0.05) is 6.04 Å². The zero-order chi connectivity index (χ0) is 8.85. The van der Waals surface area contributed by atoms with Crippen LogP contribution in [-0.2, 0) is 4.79 Å². The van der Waals surface area contributed by atoms with E-state index in [4.69, 9.17) is 5.11 Å². The standard InChI is InChI=1S/C8H17NO2/c1-4-7(5-2)9(3)6-8(10)11/h7H,4-6H2,1-3H3,(H,10,11). The lowest BCUT2D eigenvalue weighted by atomic mass is 10.1. The van der Waals surface area contributed by atoms with Crippen LogP contribution in [0.4, 0.5) is 0 Å². The summed E-state index contributed by atoms with van der Waals surface area (Å²) in [4.78, 5) is 12.2. The van der Waals surface area contributed by atoms with Crippen LogP contribution in [0.15, 0.2) is 0 Å². The summed E-state index contributed by atoms with van der Waals surface area (Å²) in [6.07, 6.45) is 2.03. The van der Waals surface area contributed by atoms with E-state index >= 15 is 0 Å². The number of aliphatic carboxylic acids is 1. The molecule has 0 radical (unpaired) electrons. The summed E-state index contributed by atoms with van der Waals surface area (Å²) in [5.74, 6) is -0.751. The molecule has 0 fully saturated rings. The van der Waals surface area contributed by atoms with Crippen LogP contribution < -0.4 is 0 Å². The zero-order valence-corrected chi connectivity index (χ0v) is 7.50. The molecule has 0 aromatic rings.